The second-order valence-electron chi connectivity index (χ2n) is 5.40. The first kappa shape index (κ1) is 12.8. The van der Waals surface area contributed by atoms with E-state index in [1.807, 2.05) is 0 Å². The number of thiophene rings is 1. The maximum absolute atomic E-state index is 12.4. The van der Waals surface area contributed by atoms with Crippen LogP contribution in [0.4, 0.5) is 5.00 Å². The van der Waals surface area contributed by atoms with Crippen molar-refractivity contribution < 1.29 is 9.53 Å². The molecule has 0 radical (unpaired) electrons. The minimum absolute atomic E-state index is 0.00436. The smallest absolute Gasteiger partial charge is 0.374 e. The molecule has 3 aliphatic heterocycles. The van der Waals surface area contributed by atoms with Gasteiger partial charge in [0.05, 0.1) is 17.0 Å². The molecular formula is C14H15N3O3S. The highest BCUT2D eigenvalue weighted by molar-refractivity contribution is 7.22. The molecule has 0 spiro atoms. The van der Waals surface area contributed by atoms with Crippen LogP contribution in [0.25, 0.3) is 10.2 Å². The number of anilines is 1. The summed E-state index contributed by atoms with van der Waals surface area (Å²) in [5.41, 5.74) is 0.908. The van der Waals surface area contributed by atoms with Gasteiger partial charge in [-0.1, -0.05) is 11.3 Å². The maximum Gasteiger partial charge on any atom is 0.374 e. The number of aromatic nitrogens is 2. The van der Waals surface area contributed by atoms with Crippen molar-refractivity contribution in [2.75, 3.05) is 24.6 Å². The SMILES string of the molecule is CCOC(=O)c1nc2sc3c(c2c(=O)[nH]1)C1CCN3CC1. The Morgan fingerprint density at radius 3 is 2.95 bits per heavy atom. The van der Waals surface area contributed by atoms with Gasteiger partial charge in [-0.05, 0) is 25.7 Å². The first-order valence-electron chi connectivity index (χ1n) is 7.17. The standard InChI is InChI=1S/C14H15N3O3S/c1-2-20-14(19)10-15-11(18)9-8-7-3-5-17(6-4-7)13(8)21-12(9)16-10/h7H,2-6H2,1H3,(H,15,16,18). The quantitative estimate of drug-likeness (QED) is 0.857. The number of carbonyl (C=O) groups is 1. The van der Waals surface area contributed by atoms with Crippen LogP contribution in [0.1, 0.15) is 41.9 Å². The molecule has 5 rings (SSSR count). The summed E-state index contributed by atoms with van der Waals surface area (Å²) in [5.74, 6) is -0.128. The van der Waals surface area contributed by atoms with Crippen LogP contribution in [0.15, 0.2) is 4.79 Å². The summed E-state index contributed by atoms with van der Waals surface area (Å²) >= 11 is 1.51. The average Bonchev–Trinajstić information content (AvgIpc) is 2.90. The number of piperidine rings is 1. The average molecular weight is 305 g/mol. The molecule has 2 aromatic heterocycles. The number of carbonyl (C=O) groups excluding carboxylic acids is 1. The number of hydrogen-bond donors (Lipinski definition) is 1. The number of hydrogen-bond acceptors (Lipinski definition) is 6. The summed E-state index contributed by atoms with van der Waals surface area (Å²) in [7, 11) is 0. The molecule has 110 valence electrons. The molecule has 0 amide bonds. The molecule has 7 heteroatoms. The van der Waals surface area contributed by atoms with Crippen LogP contribution in [0.5, 0.6) is 0 Å². The van der Waals surface area contributed by atoms with Crippen LogP contribution in [0.2, 0.25) is 0 Å². The van der Waals surface area contributed by atoms with Crippen molar-refractivity contribution in [2.24, 2.45) is 0 Å². The monoisotopic (exact) mass is 305 g/mol. The zero-order valence-electron chi connectivity index (χ0n) is 11.6. The molecule has 0 atom stereocenters. The normalized spacial score (nSPS) is 17.3. The van der Waals surface area contributed by atoms with E-state index in [1.165, 1.54) is 11.3 Å². The van der Waals surface area contributed by atoms with Crippen LogP contribution in [-0.4, -0.2) is 35.6 Å². The molecule has 0 unspecified atom stereocenters. The Kier molecular flexibility index (Phi) is 2.78. The second-order valence-corrected chi connectivity index (χ2v) is 6.37. The van der Waals surface area contributed by atoms with Gasteiger partial charge in [-0.15, -0.1) is 0 Å². The van der Waals surface area contributed by atoms with E-state index in [4.69, 9.17) is 4.74 Å². The second kappa shape index (κ2) is 4.56. The van der Waals surface area contributed by atoms with Gasteiger partial charge in [0.1, 0.15) is 4.83 Å². The highest BCUT2D eigenvalue weighted by Gasteiger charge is 2.35. The molecule has 1 fully saturated rings. The molecule has 21 heavy (non-hydrogen) atoms. The van der Waals surface area contributed by atoms with E-state index in [0.717, 1.165) is 36.5 Å². The van der Waals surface area contributed by atoms with E-state index < -0.39 is 5.97 Å². The third-order valence-electron chi connectivity index (χ3n) is 4.24. The molecule has 1 saturated heterocycles. The summed E-state index contributed by atoms with van der Waals surface area (Å²) in [4.78, 5) is 34.0. The summed E-state index contributed by atoms with van der Waals surface area (Å²) < 4.78 is 4.91. The number of nitrogens with one attached hydrogen (secondary N) is 1. The van der Waals surface area contributed by atoms with E-state index in [2.05, 4.69) is 14.9 Å². The largest absolute Gasteiger partial charge is 0.460 e. The molecule has 2 aromatic rings. The highest BCUT2D eigenvalue weighted by atomic mass is 32.1. The summed E-state index contributed by atoms with van der Waals surface area (Å²) in [6.07, 6.45) is 2.19. The zero-order valence-corrected chi connectivity index (χ0v) is 12.5. The van der Waals surface area contributed by atoms with E-state index in [1.54, 1.807) is 6.92 Å². The van der Waals surface area contributed by atoms with E-state index >= 15 is 0 Å². The van der Waals surface area contributed by atoms with Crippen LogP contribution >= 0.6 is 11.3 Å². The topological polar surface area (TPSA) is 75.3 Å². The Morgan fingerprint density at radius 2 is 2.24 bits per heavy atom. The van der Waals surface area contributed by atoms with Gasteiger partial charge in [0, 0.05) is 18.7 Å². The van der Waals surface area contributed by atoms with Crippen LogP contribution in [-0.2, 0) is 4.74 Å². The Balaban J connectivity index is 1.92. The minimum atomic E-state index is -0.578. The van der Waals surface area contributed by atoms with Gasteiger partial charge in [-0.2, -0.15) is 0 Å². The molecule has 0 saturated carbocycles. The summed E-state index contributed by atoms with van der Waals surface area (Å²) in [6, 6.07) is 0. The number of nitrogens with zero attached hydrogens (tertiary/aromatic N) is 2. The molecule has 3 aliphatic rings. The van der Waals surface area contributed by atoms with Crippen molar-refractivity contribution in [1.29, 1.82) is 0 Å². The van der Waals surface area contributed by atoms with Gasteiger partial charge < -0.3 is 14.6 Å². The number of fused-ring (bicyclic) bond motifs is 3. The number of esters is 1. The molecule has 0 aromatic carbocycles. The van der Waals surface area contributed by atoms with Crippen molar-refractivity contribution in [2.45, 2.75) is 25.7 Å². The Hall–Kier alpha value is -1.89. The fraction of sp³-hybridized carbons (Fsp3) is 0.500. The Morgan fingerprint density at radius 1 is 1.48 bits per heavy atom. The first-order chi connectivity index (χ1) is 10.2. The van der Waals surface area contributed by atoms with E-state index in [-0.39, 0.29) is 18.0 Å². The van der Waals surface area contributed by atoms with Crippen molar-refractivity contribution in [3.63, 3.8) is 0 Å². The number of ether oxygens (including phenoxy) is 1. The van der Waals surface area contributed by atoms with Gasteiger partial charge in [0.25, 0.3) is 5.56 Å². The van der Waals surface area contributed by atoms with Gasteiger partial charge in [0.15, 0.2) is 0 Å². The zero-order chi connectivity index (χ0) is 14.6. The van der Waals surface area contributed by atoms with Crippen molar-refractivity contribution in [1.82, 2.24) is 9.97 Å². The molecule has 5 heterocycles. The molecule has 0 aliphatic carbocycles. The predicted molar refractivity (Wildman–Crippen MR) is 80.4 cm³/mol. The van der Waals surface area contributed by atoms with E-state index in [0.29, 0.717) is 16.1 Å². The highest BCUT2D eigenvalue weighted by Crippen LogP contribution is 2.49. The first-order valence-corrected chi connectivity index (χ1v) is 7.99. The lowest BCUT2D eigenvalue weighted by atomic mass is 9.85. The van der Waals surface area contributed by atoms with Crippen molar-refractivity contribution >= 4 is 32.5 Å². The summed E-state index contributed by atoms with van der Waals surface area (Å²) in [6.45, 7) is 4.08. The maximum atomic E-state index is 12.4. The van der Waals surface area contributed by atoms with Crippen molar-refractivity contribution in [3.05, 3.63) is 21.7 Å². The minimum Gasteiger partial charge on any atom is -0.460 e. The Labute approximate surface area is 124 Å². The van der Waals surface area contributed by atoms with Gasteiger partial charge >= 0.3 is 5.97 Å². The lowest BCUT2D eigenvalue weighted by Crippen LogP contribution is -2.38. The third-order valence-corrected chi connectivity index (χ3v) is 5.40. The van der Waals surface area contributed by atoms with Crippen molar-refractivity contribution in [3.8, 4) is 0 Å². The summed E-state index contributed by atoms with van der Waals surface area (Å²) in [5, 5.41) is 1.82. The van der Waals surface area contributed by atoms with Gasteiger partial charge in [-0.25, -0.2) is 9.78 Å². The lowest BCUT2D eigenvalue weighted by molar-refractivity contribution is 0.0512. The lowest BCUT2D eigenvalue weighted by Gasteiger charge is -2.39. The van der Waals surface area contributed by atoms with E-state index in [9.17, 15) is 9.59 Å². The Bertz CT molecular complexity index is 787. The molecule has 1 N–H and O–H groups in total. The van der Waals surface area contributed by atoms with Gasteiger partial charge in [0.2, 0.25) is 5.82 Å². The molecule has 2 bridgehead atoms. The van der Waals surface area contributed by atoms with Crippen LogP contribution in [0, 0.1) is 0 Å². The molecule has 6 nitrogen and oxygen atoms in total. The number of H-pyrrole nitrogens is 1. The van der Waals surface area contributed by atoms with Crippen LogP contribution in [0.3, 0.4) is 0 Å². The fourth-order valence-electron chi connectivity index (χ4n) is 3.30. The molecular weight excluding hydrogens is 290 g/mol. The number of aromatic amines is 1. The third kappa shape index (κ3) is 1.80. The fourth-order valence-corrected chi connectivity index (χ4v) is 4.61. The van der Waals surface area contributed by atoms with Gasteiger partial charge in [-0.3, -0.25) is 4.79 Å². The predicted octanol–water partition coefficient (Wildman–Crippen LogP) is 1.86. The van der Waals surface area contributed by atoms with Crippen LogP contribution < -0.4 is 10.5 Å². The number of rotatable bonds is 2.